The van der Waals surface area contributed by atoms with Crippen LogP contribution in [0.3, 0.4) is 0 Å². The molecular weight excluding hydrogens is 391 g/mol. The zero-order valence-electron chi connectivity index (χ0n) is 15.9. The van der Waals surface area contributed by atoms with Gasteiger partial charge in [-0.3, -0.25) is 14.6 Å². The maximum atomic E-state index is 14.2. The Balaban J connectivity index is 1.83. The lowest BCUT2D eigenvalue weighted by molar-refractivity contribution is -0.140. The molecule has 2 aromatic heterocycles. The molecule has 1 fully saturated rings. The summed E-state index contributed by atoms with van der Waals surface area (Å²) in [5, 5.41) is 10.9. The molecule has 7 nitrogen and oxygen atoms in total. The van der Waals surface area contributed by atoms with Gasteiger partial charge in [-0.25, -0.2) is 4.39 Å². The second-order valence-corrected chi connectivity index (χ2v) is 6.65. The number of aliphatic hydroxyl groups excluding tert-OH is 1. The Labute approximate surface area is 171 Å². The summed E-state index contributed by atoms with van der Waals surface area (Å²) >= 11 is 0. The number of hydrogen-bond donors (Lipinski definition) is 1. The molecule has 1 N–H and O–H groups in total. The van der Waals surface area contributed by atoms with E-state index in [1.807, 2.05) is 0 Å². The van der Waals surface area contributed by atoms with Crippen LogP contribution in [0.2, 0.25) is 0 Å². The largest absolute Gasteiger partial charge is 0.507 e. The highest BCUT2D eigenvalue weighted by Gasteiger charge is 2.47. The van der Waals surface area contributed by atoms with Crippen molar-refractivity contribution in [3.8, 4) is 5.75 Å². The second kappa shape index (κ2) is 7.82. The molecule has 152 valence electrons. The van der Waals surface area contributed by atoms with E-state index in [9.17, 15) is 19.1 Å². The second-order valence-electron chi connectivity index (χ2n) is 6.65. The standard InChI is InChI=1S/C22H17FN2O5/c1-29-16-7-6-14(10-15(16)23)20(26)18-19(17-5-3-9-30-17)25(22(28)21(18)27)12-13-4-2-8-24-11-13/h2-11,19,26H,12H2,1H3/b20-18+/t19-/m1/s1. The number of ketones is 1. The van der Waals surface area contributed by atoms with Crippen LogP contribution in [0.1, 0.15) is 22.9 Å². The molecule has 0 saturated carbocycles. The van der Waals surface area contributed by atoms with Gasteiger partial charge >= 0.3 is 0 Å². The summed E-state index contributed by atoms with van der Waals surface area (Å²) < 4.78 is 24.5. The van der Waals surface area contributed by atoms with Crippen molar-refractivity contribution in [3.63, 3.8) is 0 Å². The van der Waals surface area contributed by atoms with Gasteiger partial charge in [0.1, 0.15) is 17.6 Å². The van der Waals surface area contributed by atoms with E-state index in [0.29, 0.717) is 11.3 Å². The number of aromatic nitrogens is 1. The number of amides is 1. The average Bonchev–Trinajstić information content (AvgIpc) is 3.37. The number of furan rings is 1. The lowest BCUT2D eigenvalue weighted by Gasteiger charge is -2.23. The first-order valence-corrected chi connectivity index (χ1v) is 9.06. The maximum absolute atomic E-state index is 14.2. The van der Waals surface area contributed by atoms with E-state index in [1.165, 1.54) is 30.4 Å². The summed E-state index contributed by atoms with van der Waals surface area (Å²) in [6, 6.07) is 9.52. The van der Waals surface area contributed by atoms with Crippen LogP contribution in [0.15, 0.2) is 71.1 Å². The third kappa shape index (κ3) is 3.32. The third-order valence-electron chi connectivity index (χ3n) is 4.85. The smallest absolute Gasteiger partial charge is 0.296 e. The van der Waals surface area contributed by atoms with Crippen LogP contribution >= 0.6 is 0 Å². The lowest BCUT2D eigenvalue weighted by atomic mass is 9.99. The third-order valence-corrected chi connectivity index (χ3v) is 4.85. The first-order chi connectivity index (χ1) is 14.5. The number of aliphatic hydroxyl groups is 1. The average molecular weight is 408 g/mol. The van der Waals surface area contributed by atoms with Crippen molar-refractivity contribution in [2.75, 3.05) is 7.11 Å². The molecule has 1 saturated heterocycles. The fraction of sp³-hybridized carbons (Fsp3) is 0.136. The predicted octanol–water partition coefficient (Wildman–Crippen LogP) is 3.44. The minimum absolute atomic E-state index is 0.00818. The van der Waals surface area contributed by atoms with Gasteiger partial charge < -0.3 is 19.2 Å². The molecule has 0 aliphatic carbocycles. The van der Waals surface area contributed by atoms with Gasteiger partial charge in [0, 0.05) is 24.5 Å². The Bertz CT molecular complexity index is 1130. The van der Waals surface area contributed by atoms with Gasteiger partial charge in [-0.15, -0.1) is 0 Å². The summed E-state index contributed by atoms with van der Waals surface area (Å²) in [6.45, 7) is 0.0809. The minimum atomic E-state index is -0.967. The lowest BCUT2D eigenvalue weighted by Crippen LogP contribution is -2.29. The van der Waals surface area contributed by atoms with E-state index in [0.717, 1.165) is 6.07 Å². The minimum Gasteiger partial charge on any atom is -0.507 e. The summed E-state index contributed by atoms with van der Waals surface area (Å²) in [5.41, 5.74) is 0.569. The normalized spacial score (nSPS) is 18.1. The number of carbonyl (C=O) groups is 2. The van der Waals surface area contributed by atoms with Gasteiger partial charge in [0.15, 0.2) is 11.6 Å². The molecule has 3 aromatic rings. The highest BCUT2D eigenvalue weighted by molar-refractivity contribution is 6.46. The highest BCUT2D eigenvalue weighted by Crippen LogP contribution is 2.40. The SMILES string of the molecule is COc1ccc(/C(O)=C2\C(=O)C(=O)N(Cc3cccnc3)[C@@H]2c2ccco2)cc1F. The van der Waals surface area contributed by atoms with Crippen LogP contribution in [0.5, 0.6) is 5.75 Å². The van der Waals surface area contributed by atoms with Crippen LogP contribution in [0.25, 0.3) is 5.76 Å². The molecule has 1 aliphatic rings. The van der Waals surface area contributed by atoms with E-state index in [4.69, 9.17) is 9.15 Å². The van der Waals surface area contributed by atoms with E-state index in [1.54, 1.807) is 36.7 Å². The fourth-order valence-electron chi connectivity index (χ4n) is 3.44. The van der Waals surface area contributed by atoms with Crippen LogP contribution in [0.4, 0.5) is 4.39 Å². The van der Waals surface area contributed by atoms with Gasteiger partial charge in [0.25, 0.3) is 11.7 Å². The number of halogens is 1. The van der Waals surface area contributed by atoms with Gasteiger partial charge in [-0.05, 0) is 42.0 Å². The first kappa shape index (κ1) is 19.4. The van der Waals surface area contributed by atoms with Crippen molar-refractivity contribution >= 4 is 17.4 Å². The molecular formula is C22H17FN2O5. The Hall–Kier alpha value is -3.94. The zero-order valence-corrected chi connectivity index (χ0v) is 15.9. The Kier molecular flexibility index (Phi) is 5.05. The molecule has 0 radical (unpaired) electrons. The van der Waals surface area contributed by atoms with Crippen molar-refractivity contribution in [2.24, 2.45) is 0 Å². The number of rotatable bonds is 5. The number of methoxy groups -OCH3 is 1. The van der Waals surface area contributed by atoms with Crippen LogP contribution in [-0.2, 0) is 16.1 Å². The number of benzene rings is 1. The monoisotopic (exact) mass is 408 g/mol. The summed E-state index contributed by atoms with van der Waals surface area (Å²) in [6.07, 6.45) is 4.59. The molecule has 0 spiro atoms. The zero-order chi connectivity index (χ0) is 21.3. The van der Waals surface area contributed by atoms with Crippen molar-refractivity contribution in [1.29, 1.82) is 0 Å². The van der Waals surface area contributed by atoms with Gasteiger partial charge in [0.05, 0.1) is 18.9 Å². The molecule has 0 unspecified atom stereocenters. The van der Waals surface area contributed by atoms with Crippen molar-refractivity contribution in [2.45, 2.75) is 12.6 Å². The molecule has 8 heteroatoms. The van der Waals surface area contributed by atoms with Crippen molar-refractivity contribution in [3.05, 3.63) is 89.4 Å². The summed E-state index contributed by atoms with van der Waals surface area (Å²) in [5.74, 6) is -2.59. The molecule has 3 heterocycles. The van der Waals surface area contributed by atoms with Crippen molar-refractivity contribution < 1.29 is 28.2 Å². The highest BCUT2D eigenvalue weighted by atomic mass is 19.1. The fourth-order valence-corrected chi connectivity index (χ4v) is 3.44. The molecule has 1 atom stereocenters. The van der Waals surface area contributed by atoms with E-state index >= 15 is 0 Å². The summed E-state index contributed by atoms with van der Waals surface area (Å²) in [7, 11) is 1.32. The quantitative estimate of drug-likeness (QED) is 0.395. The number of Topliss-reactive ketones (excluding diaryl/α,β-unsaturated/α-hetero) is 1. The molecule has 1 aliphatic heterocycles. The van der Waals surface area contributed by atoms with Crippen LogP contribution < -0.4 is 4.74 Å². The molecule has 1 amide bonds. The number of pyridine rings is 1. The Morgan fingerprint density at radius 3 is 2.73 bits per heavy atom. The Morgan fingerprint density at radius 2 is 2.10 bits per heavy atom. The first-order valence-electron chi connectivity index (χ1n) is 9.06. The molecule has 1 aromatic carbocycles. The van der Waals surface area contributed by atoms with Crippen LogP contribution in [-0.4, -0.2) is 33.8 Å². The predicted molar refractivity (Wildman–Crippen MR) is 104 cm³/mol. The van der Waals surface area contributed by atoms with E-state index < -0.39 is 29.3 Å². The van der Waals surface area contributed by atoms with Gasteiger partial charge in [0.2, 0.25) is 0 Å². The Morgan fingerprint density at radius 1 is 1.27 bits per heavy atom. The maximum Gasteiger partial charge on any atom is 0.296 e. The van der Waals surface area contributed by atoms with Gasteiger partial charge in [-0.2, -0.15) is 0 Å². The number of likely N-dealkylation sites (tertiary alicyclic amines) is 1. The topological polar surface area (TPSA) is 92.9 Å². The van der Waals surface area contributed by atoms with Crippen LogP contribution in [0, 0.1) is 5.82 Å². The number of ether oxygens (including phenoxy) is 1. The van der Waals surface area contributed by atoms with Gasteiger partial charge in [-0.1, -0.05) is 6.07 Å². The molecule has 30 heavy (non-hydrogen) atoms. The molecule has 0 bridgehead atoms. The number of hydrogen-bond acceptors (Lipinski definition) is 6. The number of nitrogens with zero attached hydrogens (tertiary/aromatic N) is 2. The summed E-state index contributed by atoms with van der Waals surface area (Å²) in [4.78, 5) is 31.0. The van der Waals surface area contributed by atoms with Crippen molar-refractivity contribution in [1.82, 2.24) is 9.88 Å². The van der Waals surface area contributed by atoms with E-state index in [-0.39, 0.29) is 23.4 Å². The van der Waals surface area contributed by atoms with E-state index in [2.05, 4.69) is 4.98 Å². The number of carbonyl (C=O) groups excluding carboxylic acids is 2. The molecule has 4 rings (SSSR count).